The average molecular weight is 407 g/mol. The minimum Gasteiger partial charge on any atom is -0.449 e. The average Bonchev–Trinajstić information content (AvgIpc) is 3.24. The van der Waals surface area contributed by atoms with Gasteiger partial charge in [-0.1, -0.05) is 12.1 Å². The number of benzene rings is 1. The molecule has 1 N–H and O–H groups in total. The van der Waals surface area contributed by atoms with E-state index >= 15 is 0 Å². The largest absolute Gasteiger partial charge is 0.449 e. The molecule has 28 heavy (non-hydrogen) atoms. The molecule has 9 nitrogen and oxygen atoms in total. The molecule has 150 valence electrons. The molecule has 2 aromatic rings. The van der Waals surface area contributed by atoms with Gasteiger partial charge in [0.2, 0.25) is 10.0 Å². The molecule has 0 saturated heterocycles. The Kier molecular flexibility index (Phi) is 5.41. The van der Waals surface area contributed by atoms with Crippen molar-refractivity contribution in [3.05, 3.63) is 41.2 Å². The lowest BCUT2D eigenvalue weighted by atomic mass is 10.1. The second kappa shape index (κ2) is 7.63. The Hall–Kier alpha value is -2.88. The SMILES string of the molecule is CCC(OC(=O)c1ccc2c(c1)CCN2S(C)(=O)=O)C(=O)Nc1cc(C)on1. The number of hydrogen-bond acceptors (Lipinski definition) is 7. The Morgan fingerprint density at radius 2 is 2.11 bits per heavy atom. The first-order chi connectivity index (χ1) is 13.2. The van der Waals surface area contributed by atoms with Crippen molar-refractivity contribution in [2.45, 2.75) is 32.8 Å². The van der Waals surface area contributed by atoms with Crippen molar-refractivity contribution >= 4 is 33.4 Å². The van der Waals surface area contributed by atoms with Gasteiger partial charge < -0.3 is 14.6 Å². The number of fused-ring (bicyclic) bond motifs is 1. The van der Waals surface area contributed by atoms with E-state index in [4.69, 9.17) is 9.26 Å². The lowest BCUT2D eigenvalue weighted by Crippen LogP contribution is -2.32. The maximum Gasteiger partial charge on any atom is 0.338 e. The predicted molar refractivity (Wildman–Crippen MR) is 102 cm³/mol. The summed E-state index contributed by atoms with van der Waals surface area (Å²) in [6.45, 7) is 3.75. The van der Waals surface area contributed by atoms with E-state index < -0.39 is 28.0 Å². The zero-order chi connectivity index (χ0) is 20.5. The van der Waals surface area contributed by atoms with Crippen LogP contribution >= 0.6 is 0 Å². The number of esters is 1. The van der Waals surface area contributed by atoms with Gasteiger partial charge in [0, 0.05) is 12.6 Å². The molecule has 2 heterocycles. The Morgan fingerprint density at radius 1 is 1.36 bits per heavy atom. The van der Waals surface area contributed by atoms with Crippen LogP contribution in [0, 0.1) is 6.92 Å². The van der Waals surface area contributed by atoms with Gasteiger partial charge >= 0.3 is 5.97 Å². The molecule has 0 spiro atoms. The molecule has 1 unspecified atom stereocenters. The number of nitrogens with one attached hydrogen (secondary N) is 1. The zero-order valence-electron chi connectivity index (χ0n) is 15.8. The first kappa shape index (κ1) is 19.9. The van der Waals surface area contributed by atoms with Gasteiger partial charge in [-0.3, -0.25) is 9.10 Å². The molecule has 1 aliphatic rings. The molecule has 0 fully saturated rings. The standard InChI is InChI=1S/C18H21N3O6S/c1-4-15(17(22)19-16-9-11(2)27-20-16)26-18(23)13-5-6-14-12(10-13)7-8-21(14)28(3,24)25/h5-6,9-10,15H,4,7-8H2,1-3H3,(H,19,20,22). The summed E-state index contributed by atoms with van der Waals surface area (Å²) in [6.07, 6.45) is 0.934. The number of anilines is 2. The normalized spacial score (nSPS) is 14.5. The summed E-state index contributed by atoms with van der Waals surface area (Å²) in [5.74, 6) is -0.371. The Bertz CT molecular complexity index is 1010. The van der Waals surface area contributed by atoms with Crippen molar-refractivity contribution < 1.29 is 27.3 Å². The lowest BCUT2D eigenvalue weighted by Gasteiger charge is -2.17. The van der Waals surface area contributed by atoms with E-state index in [9.17, 15) is 18.0 Å². The van der Waals surface area contributed by atoms with E-state index in [1.807, 2.05) is 0 Å². The monoisotopic (exact) mass is 407 g/mol. The van der Waals surface area contributed by atoms with Crippen molar-refractivity contribution in [1.82, 2.24) is 5.16 Å². The summed E-state index contributed by atoms with van der Waals surface area (Å²) in [5, 5.41) is 6.22. The Labute approximate surface area is 162 Å². The predicted octanol–water partition coefficient (Wildman–Crippen LogP) is 1.88. The van der Waals surface area contributed by atoms with Crippen molar-refractivity contribution in [3.63, 3.8) is 0 Å². The van der Waals surface area contributed by atoms with Crippen molar-refractivity contribution in [3.8, 4) is 0 Å². The van der Waals surface area contributed by atoms with Crippen LogP contribution < -0.4 is 9.62 Å². The number of rotatable bonds is 6. The second-order valence-electron chi connectivity index (χ2n) is 6.54. The quantitative estimate of drug-likeness (QED) is 0.726. The summed E-state index contributed by atoms with van der Waals surface area (Å²) in [5.41, 5.74) is 1.57. The third-order valence-electron chi connectivity index (χ3n) is 4.36. The highest BCUT2D eigenvalue weighted by atomic mass is 32.2. The van der Waals surface area contributed by atoms with Crippen LogP contribution in [0.3, 0.4) is 0 Å². The number of sulfonamides is 1. The van der Waals surface area contributed by atoms with Crippen molar-refractivity contribution in [2.24, 2.45) is 0 Å². The Balaban J connectivity index is 1.70. The topological polar surface area (TPSA) is 119 Å². The molecule has 1 aromatic heterocycles. The maximum atomic E-state index is 12.5. The molecule has 0 saturated carbocycles. The van der Waals surface area contributed by atoms with Gasteiger partial charge in [0.1, 0.15) is 5.76 Å². The minimum atomic E-state index is -3.36. The first-order valence-electron chi connectivity index (χ1n) is 8.75. The van der Waals surface area contributed by atoms with Crippen LogP contribution in [0.1, 0.15) is 35.0 Å². The maximum absolute atomic E-state index is 12.5. The van der Waals surface area contributed by atoms with E-state index in [0.29, 0.717) is 24.4 Å². The summed E-state index contributed by atoms with van der Waals surface area (Å²) < 4.78 is 35.1. The highest BCUT2D eigenvalue weighted by molar-refractivity contribution is 7.92. The number of hydrogen-bond donors (Lipinski definition) is 1. The van der Waals surface area contributed by atoms with Gasteiger partial charge in [-0.2, -0.15) is 0 Å². The van der Waals surface area contributed by atoms with Gasteiger partial charge in [0.05, 0.1) is 17.5 Å². The van der Waals surface area contributed by atoms with Crippen LogP contribution in [-0.4, -0.2) is 44.4 Å². The fourth-order valence-corrected chi connectivity index (χ4v) is 3.95. The van der Waals surface area contributed by atoms with Gasteiger partial charge in [-0.25, -0.2) is 13.2 Å². The van der Waals surface area contributed by atoms with Crippen LogP contribution in [0.25, 0.3) is 0 Å². The van der Waals surface area contributed by atoms with Crippen molar-refractivity contribution in [2.75, 3.05) is 22.4 Å². The number of amides is 1. The van der Waals surface area contributed by atoms with E-state index in [-0.39, 0.29) is 17.8 Å². The van der Waals surface area contributed by atoms with Gasteiger partial charge in [-0.15, -0.1) is 0 Å². The van der Waals surface area contributed by atoms with E-state index in [1.165, 1.54) is 10.4 Å². The van der Waals surface area contributed by atoms with Crippen molar-refractivity contribution in [1.29, 1.82) is 0 Å². The zero-order valence-corrected chi connectivity index (χ0v) is 16.6. The number of ether oxygens (including phenoxy) is 1. The molecular weight excluding hydrogens is 386 g/mol. The molecular formula is C18H21N3O6S. The number of aryl methyl sites for hydroxylation is 1. The molecule has 1 amide bonds. The lowest BCUT2D eigenvalue weighted by molar-refractivity contribution is -0.124. The smallest absolute Gasteiger partial charge is 0.338 e. The van der Waals surface area contributed by atoms with Gasteiger partial charge in [-0.05, 0) is 43.5 Å². The molecule has 3 rings (SSSR count). The van der Waals surface area contributed by atoms with E-state index in [0.717, 1.165) is 11.8 Å². The molecule has 0 bridgehead atoms. The second-order valence-corrected chi connectivity index (χ2v) is 8.45. The summed E-state index contributed by atoms with van der Waals surface area (Å²) in [6, 6.07) is 6.24. The van der Waals surface area contributed by atoms with Gasteiger partial charge in [0.25, 0.3) is 5.91 Å². The summed E-state index contributed by atoms with van der Waals surface area (Å²) in [7, 11) is -3.36. The molecule has 0 aliphatic carbocycles. The summed E-state index contributed by atoms with van der Waals surface area (Å²) >= 11 is 0. The number of carbonyl (C=O) groups is 2. The molecule has 1 aliphatic heterocycles. The molecule has 10 heteroatoms. The van der Waals surface area contributed by atoms with Crippen LogP contribution in [0.15, 0.2) is 28.8 Å². The molecule has 1 aromatic carbocycles. The van der Waals surface area contributed by atoms with E-state index in [1.54, 1.807) is 32.0 Å². The summed E-state index contributed by atoms with van der Waals surface area (Å²) in [4.78, 5) is 24.8. The number of aromatic nitrogens is 1. The van der Waals surface area contributed by atoms with E-state index in [2.05, 4.69) is 10.5 Å². The van der Waals surface area contributed by atoms with Crippen LogP contribution in [0.4, 0.5) is 11.5 Å². The third-order valence-corrected chi connectivity index (χ3v) is 5.54. The highest BCUT2D eigenvalue weighted by Gasteiger charge is 2.28. The fraction of sp³-hybridized carbons (Fsp3) is 0.389. The Morgan fingerprint density at radius 3 is 2.71 bits per heavy atom. The molecule has 0 radical (unpaired) electrons. The molecule has 1 atom stereocenters. The van der Waals surface area contributed by atoms with Crippen LogP contribution in [0.2, 0.25) is 0 Å². The highest BCUT2D eigenvalue weighted by Crippen LogP contribution is 2.31. The first-order valence-corrected chi connectivity index (χ1v) is 10.6. The number of carbonyl (C=O) groups excluding carboxylic acids is 2. The van der Waals surface area contributed by atoms with Crippen LogP contribution in [0.5, 0.6) is 0 Å². The van der Waals surface area contributed by atoms with Crippen LogP contribution in [-0.2, 0) is 26.0 Å². The fourth-order valence-electron chi connectivity index (χ4n) is 2.99. The minimum absolute atomic E-state index is 0.246. The van der Waals surface area contributed by atoms with Gasteiger partial charge in [0.15, 0.2) is 11.9 Å². The number of nitrogens with zero attached hydrogens (tertiary/aromatic N) is 2. The third kappa shape index (κ3) is 4.16.